The molecule has 0 spiro atoms. The first kappa shape index (κ1) is 12.8. The van der Waals surface area contributed by atoms with Crippen LogP contribution in [0.15, 0.2) is 0 Å². The number of hydrogen-bond acceptors (Lipinski definition) is 5. The predicted molar refractivity (Wildman–Crippen MR) is 60.1 cm³/mol. The third kappa shape index (κ3) is 5.36. The van der Waals surface area contributed by atoms with Crippen molar-refractivity contribution in [2.75, 3.05) is 30.3 Å². The van der Waals surface area contributed by atoms with Gasteiger partial charge in [0.15, 0.2) is 0 Å². The maximum Gasteiger partial charge on any atom is 0.238 e. The largest absolute Gasteiger partial charge is 0.354 e. The van der Waals surface area contributed by atoms with E-state index in [0.29, 0.717) is 0 Å². The van der Waals surface area contributed by atoms with E-state index in [-0.39, 0.29) is 24.2 Å². The van der Waals surface area contributed by atoms with Crippen molar-refractivity contribution < 1.29 is 13.2 Å². The van der Waals surface area contributed by atoms with Gasteiger partial charge in [-0.05, 0) is 0 Å². The lowest BCUT2D eigenvalue weighted by molar-refractivity contribution is -0.122. The average Bonchev–Trinajstić information content (AvgIpc) is 2.17. The summed E-state index contributed by atoms with van der Waals surface area (Å²) < 4.78 is 21.2. The van der Waals surface area contributed by atoms with Gasteiger partial charge in [-0.2, -0.15) is 11.8 Å². The van der Waals surface area contributed by atoms with Crippen LogP contribution in [-0.4, -0.2) is 50.7 Å². The van der Waals surface area contributed by atoms with E-state index < -0.39 is 10.0 Å². The molecule has 1 aliphatic rings. The van der Waals surface area contributed by atoms with Crippen LogP contribution in [0.4, 0.5) is 0 Å². The molecule has 0 aromatic rings. The Morgan fingerprint density at radius 3 is 2.87 bits per heavy atom. The number of hydrogen-bond donors (Lipinski definition) is 3. The Balaban J connectivity index is 2.23. The van der Waals surface area contributed by atoms with Crippen molar-refractivity contribution in [1.29, 1.82) is 0 Å². The number of sulfonamides is 1. The summed E-state index contributed by atoms with van der Waals surface area (Å²) in [6.45, 7) is 0.873. The number of nitrogens with two attached hydrogens (primary N) is 1. The highest BCUT2D eigenvalue weighted by Crippen LogP contribution is 2.07. The molecule has 88 valence electrons. The molecule has 6 nitrogen and oxygen atoms in total. The summed E-state index contributed by atoms with van der Waals surface area (Å²) in [5, 5.41) is 10.4. The zero-order valence-electron chi connectivity index (χ0n) is 8.23. The minimum atomic E-state index is -3.49. The number of rotatable bonds is 4. The molecule has 0 saturated carbocycles. The van der Waals surface area contributed by atoms with Crippen LogP contribution in [0.3, 0.4) is 0 Å². The van der Waals surface area contributed by atoms with Gasteiger partial charge in [-0.1, -0.05) is 0 Å². The lowest BCUT2D eigenvalue weighted by Crippen LogP contribution is -2.49. The zero-order chi connectivity index (χ0) is 11.3. The lowest BCUT2D eigenvalue weighted by atomic mass is 10.3. The fourth-order valence-electron chi connectivity index (χ4n) is 1.17. The number of nitrogens with one attached hydrogen (secondary N) is 2. The molecular formula is C7H15N3O3S2. The molecule has 8 heteroatoms. The third-order valence-electron chi connectivity index (χ3n) is 1.92. The van der Waals surface area contributed by atoms with E-state index in [1.807, 2.05) is 0 Å². The molecule has 1 unspecified atom stereocenters. The Labute approximate surface area is 93.4 Å². The molecule has 1 saturated heterocycles. The first-order chi connectivity index (χ1) is 6.99. The van der Waals surface area contributed by atoms with Gasteiger partial charge in [0, 0.05) is 24.6 Å². The molecule has 1 aliphatic heterocycles. The van der Waals surface area contributed by atoms with Crippen molar-refractivity contribution >= 4 is 27.7 Å². The van der Waals surface area contributed by atoms with Crippen LogP contribution in [0.25, 0.3) is 0 Å². The van der Waals surface area contributed by atoms with E-state index in [2.05, 4.69) is 10.6 Å². The summed E-state index contributed by atoms with van der Waals surface area (Å²) in [6, 6.07) is -0.218. The van der Waals surface area contributed by atoms with Crippen LogP contribution in [0, 0.1) is 0 Å². The number of amides is 1. The number of thioether (sulfide) groups is 1. The molecule has 1 heterocycles. The molecule has 1 rings (SSSR count). The van der Waals surface area contributed by atoms with Crippen LogP contribution < -0.4 is 15.8 Å². The average molecular weight is 253 g/mol. The fraction of sp³-hybridized carbons (Fsp3) is 0.857. The van der Waals surface area contributed by atoms with E-state index in [0.717, 1.165) is 18.1 Å². The highest BCUT2D eigenvalue weighted by molar-refractivity contribution is 7.99. The van der Waals surface area contributed by atoms with Gasteiger partial charge < -0.3 is 10.6 Å². The number of carbonyl (C=O) groups is 1. The molecule has 1 fully saturated rings. The SMILES string of the molecule is NS(=O)(=O)CCNC(=O)C1CSCCN1. The second kappa shape index (κ2) is 5.69. The van der Waals surface area contributed by atoms with E-state index in [9.17, 15) is 13.2 Å². The highest BCUT2D eigenvalue weighted by atomic mass is 32.2. The molecule has 4 N–H and O–H groups in total. The molecule has 0 bridgehead atoms. The van der Waals surface area contributed by atoms with E-state index >= 15 is 0 Å². The first-order valence-electron chi connectivity index (χ1n) is 4.58. The summed E-state index contributed by atoms with van der Waals surface area (Å²) >= 11 is 1.70. The van der Waals surface area contributed by atoms with Gasteiger partial charge in [-0.3, -0.25) is 4.79 Å². The standard InChI is InChI=1S/C7H15N3O3S2/c8-15(12,13)4-2-10-7(11)6-5-14-3-1-9-6/h6,9H,1-5H2,(H,10,11)(H2,8,12,13). The Hall–Kier alpha value is -0.310. The van der Waals surface area contributed by atoms with Gasteiger partial charge in [0.1, 0.15) is 0 Å². The Kier molecular flexibility index (Phi) is 4.84. The molecular weight excluding hydrogens is 238 g/mol. The maximum atomic E-state index is 11.5. The first-order valence-corrected chi connectivity index (χ1v) is 7.45. The summed E-state index contributed by atoms with van der Waals surface area (Å²) in [5.41, 5.74) is 0. The van der Waals surface area contributed by atoms with Gasteiger partial charge in [0.25, 0.3) is 0 Å². The predicted octanol–water partition coefficient (Wildman–Crippen LogP) is -1.90. The quantitative estimate of drug-likeness (QED) is 0.543. The topological polar surface area (TPSA) is 101 Å². The fourth-order valence-corrected chi connectivity index (χ4v) is 2.49. The number of carbonyl (C=O) groups excluding carboxylic acids is 1. The Morgan fingerprint density at radius 1 is 1.60 bits per heavy atom. The van der Waals surface area contributed by atoms with Crippen molar-refractivity contribution in [1.82, 2.24) is 10.6 Å². The molecule has 0 aliphatic carbocycles. The highest BCUT2D eigenvalue weighted by Gasteiger charge is 2.20. The van der Waals surface area contributed by atoms with Crippen LogP contribution in [0.1, 0.15) is 0 Å². The van der Waals surface area contributed by atoms with Crippen LogP contribution in [-0.2, 0) is 14.8 Å². The molecule has 1 amide bonds. The molecule has 0 radical (unpaired) electrons. The van der Waals surface area contributed by atoms with E-state index in [1.165, 1.54) is 0 Å². The van der Waals surface area contributed by atoms with Gasteiger partial charge in [-0.25, -0.2) is 13.6 Å². The summed E-state index contributed by atoms with van der Waals surface area (Å²) in [4.78, 5) is 11.5. The smallest absolute Gasteiger partial charge is 0.238 e. The maximum absolute atomic E-state index is 11.5. The molecule has 0 aromatic heterocycles. The van der Waals surface area contributed by atoms with E-state index in [4.69, 9.17) is 5.14 Å². The third-order valence-corrected chi connectivity index (χ3v) is 3.76. The van der Waals surface area contributed by atoms with Gasteiger partial charge in [0.05, 0.1) is 11.8 Å². The zero-order valence-corrected chi connectivity index (χ0v) is 9.86. The minimum Gasteiger partial charge on any atom is -0.354 e. The lowest BCUT2D eigenvalue weighted by Gasteiger charge is -2.22. The van der Waals surface area contributed by atoms with Gasteiger partial charge >= 0.3 is 0 Å². The minimum absolute atomic E-state index is 0.0700. The Bertz CT molecular complexity index is 311. The summed E-state index contributed by atoms with van der Waals surface area (Å²) in [5.74, 6) is 1.34. The van der Waals surface area contributed by atoms with Crippen LogP contribution in [0.2, 0.25) is 0 Å². The second-order valence-corrected chi connectivity index (χ2v) is 6.12. The monoisotopic (exact) mass is 253 g/mol. The van der Waals surface area contributed by atoms with Gasteiger partial charge in [0.2, 0.25) is 15.9 Å². The van der Waals surface area contributed by atoms with Crippen molar-refractivity contribution in [3.63, 3.8) is 0 Å². The van der Waals surface area contributed by atoms with Crippen molar-refractivity contribution in [2.45, 2.75) is 6.04 Å². The second-order valence-electron chi connectivity index (χ2n) is 3.24. The van der Waals surface area contributed by atoms with Crippen molar-refractivity contribution in [3.05, 3.63) is 0 Å². The van der Waals surface area contributed by atoms with E-state index in [1.54, 1.807) is 11.8 Å². The summed E-state index contributed by atoms with van der Waals surface area (Å²) in [7, 11) is -3.49. The molecule has 0 aromatic carbocycles. The molecule has 1 atom stereocenters. The van der Waals surface area contributed by atoms with Crippen molar-refractivity contribution in [3.8, 4) is 0 Å². The van der Waals surface area contributed by atoms with Crippen molar-refractivity contribution in [2.24, 2.45) is 5.14 Å². The molecule has 15 heavy (non-hydrogen) atoms. The number of primary sulfonamides is 1. The van der Waals surface area contributed by atoms with Crippen LogP contribution >= 0.6 is 11.8 Å². The van der Waals surface area contributed by atoms with Crippen LogP contribution in [0.5, 0.6) is 0 Å². The summed E-state index contributed by atoms with van der Waals surface area (Å²) in [6.07, 6.45) is 0. The Morgan fingerprint density at radius 2 is 2.33 bits per heavy atom. The normalized spacial score (nSPS) is 22.3. The van der Waals surface area contributed by atoms with Gasteiger partial charge in [-0.15, -0.1) is 0 Å².